The van der Waals surface area contributed by atoms with Crippen LogP contribution in [-0.4, -0.2) is 83.8 Å². The number of likely N-dealkylation sites (tertiary alicyclic amines) is 1. The zero-order valence-corrected chi connectivity index (χ0v) is 22.1. The number of pyridine rings is 1. The van der Waals surface area contributed by atoms with Crippen LogP contribution >= 0.6 is 0 Å². The molecular weight excluding hydrogens is 556 g/mol. The van der Waals surface area contributed by atoms with E-state index in [9.17, 15) is 35.9 Å². The number of ether oxygens (including phenoxy) is 1. The summed E-state index contributed by atoms with van der Waals surface area (Å²) in [6, 6.07) is 3.52. The third kappa shape index (κ3) is 6.75. The predicted octanol–water partition coefficient (Wildman–Crippen LogP) is 3.42. The number of hydrogen-bond donors (Lipinski definition) is 1. The summed E-state index contributed by atoms with van der Waals surface area (Å²) in [4.78, 5) is 33.8. The molecular formula is C27H31F6N5O3. The van der Waals surface area contributed by atoms with E-state index in [1.165, 1.54) is 11.0 Å². The quantitative estimate of drug-likeness (QED) is 0.497. The average molecular weight is 591 g/mol. The van der Waals surface area contributed by atoms with Gasteiger partial charge in [-0.2, -0.15) is 26.3 Å². The predicted molar refractivity (Wildman–Crippen MR) is 136 cm³/mol. The molecule has 0 saturated carbocycles. The van der Waals surface area contributed by atoms with E-state index >= 15 is 0 Å². The Labute approximate surface area is 237 Å². The number of nitrogens with two attached hydrogens (primary N) is 1. The Bertz CT molecular complexity index is 1380. The molecule has 0 unspecified atom stereocenters. The van der Waals surface area contributed by atoms with Crippen molar-refractivity contribution in [2.75, 3.05) is 46.3 Å². The van der Waals surface area contributed by atoms with Gasteiger partial charge in [-0.15, -0.1) is 0 Å². The first-order valence-electron chi connectivity index (χ1n) is 14.3. The van der Waals surface area contributed by atoms with Crippen LogP contribution < -0.4 is 10.5 Å². The van der Waals surface area contributed by atoms with Gasteiger partial charge in [-0.05, 0) is 36.6 Å². The van der Waals surface area contributed by atoms with Gasteiger partial charge >= 0.3 is 12.4 Å². The van der Waals surface area contributed by atoms with Crippen LogP contribution in [0.3, 0.4) is 0 Å². The van der Waals surface area contributed by atoms with Crippen LogP contribution in [0, 0.1) is 6.92 Å². The molecule has 2 aliphatic heterocycles. The molecule has 4 rings (SSSR count). The first-order chi connectivity index (χ1) is 20.3. The molecule has 41 heavy (non-hydrogen) atoms. The van der Waals surface area contributed by atoms with E-state index in [1.807, 2.05) is 4.90 Å². The summed E-state index contributed by atoms with van der Waals surface area (Å²) in [7, 11) is -2.77. The molecule has 2 N–H and O–H groups in total. The number of carbonyl (C=O) groups excluding carboxylic acids is 2. The standard InChI is InChI=1S/C27H31F6N5O3/c1-16-18(4-3-5-22(16)41-2)25-21(37-10-8-36(9-11-37)15-23(34)39)6-7-38(25)24(40)13-20-19(27(31,32)33)12-17(14-35-20)26(28,29)30/h3-5,12,14,21,25H,6-11,13,15H2,1-2H3,(H2,34,39)/t21-,25-/m1/s1/i2D3. The van der Waals surface area contributed by atoms with Crippen LogP contribution in [0.15, 0.2) is 30.5 Å². The Balaban J connectivity index is 1.69. The fourth-order valence-electron chi connectivity index (χ4n) is 5.63. The summed E-state index contributed by atoms with van der Waals surface area (Å²) >= 11 is 0. The lowest BCUT2D eigenvalue weighted by atomic mass is 9.93. The highest BCUT2D eigenvalue weighted by Crippen LogP contribution is 2.41. The van der Waals surface area contributed by atoms with Crippen molar-refractivity contribution in [3.63, 3.8) is 0 Å². The molecule has 8 nitrogen and oxygen atoms in total. The summed E-state index contributed by atoms with van der Waals surface area (Å²) in [6.07, 6.45) is -10.5. The van der Waals surface area contributed by atoms with E-state index in [1.54, 1.807) is 19.1 Å². The van der Waals surface area contributed by atoms with E-state index < -0.39 is 60.5 Å². The molecule has 2 amide bonds. The highest BCUT2D eigenvalue weighted by atomic mass is 19.4. The van der Waals surface area contributed by atoms with Crippen molar-refractivity contribution in [1.29, 1.82) is 0 Å². The SMILES string of the molecule is [2H]C([2H])([2H])Oc1cccc([C@@H]2[C@H](N3CCN(CC(N)=O)CC3)CCN2C(=O)Cc2ncc(C(F)(F)F)cc2C(F)(F)F)c1C. The first-order valence-corrected chi connectivity index (χ1v) is 12.8. The number of carbonyl (C=O) groups is 2. The highest BCUT2D eigenvalue weighted by Gasteiger charge is 2.44. The van der Waals surface area contributed by atoms with E-state index in [2.05, 4.69) is 9.88 Å². The second-order valence-electron chi connectivity index (χ2n) is 10.1. The Hall–Kier alpha value is -3.39. The summed E-state index contributed by atoms with van der Waals surface area (Å²) in [6.45, 7) is 3.75. The van der Waals surface area contributed by atoms with E-state index in [0.717, 1.165) is 0 Å². The topological polar surface area (TPSA) is 92.0 Å². The number of halogens is 6. The van der Waals surface area contributed by atoms with Gasteiger partial charge in [0, 0.05) is 45.0 Å². The van der Waals surface area contributed by atoms with Gasteiger partial charge in [-0.1, -0.05) is 12.1 Å². The Kier molecular flexibility index (Phi) is 7.66. The number of hydrogen-bond acceptors (Lipinski definition) is 6. The number of amides is 2. The molecule has 0 radical (unpaired) electrons. The molecule has 0 spiro atoms. The molecule has 2 atom stereocenters. The van der Waals surface area contributed by atoms with Gasteiger partial charge in [-0.3, -0.25) is 24.4 Å². The van der Waals surface area contributed by atoms with Crippen LogP contribution in [0.25, 0.3) is 0 Å². The first kappa shape index (κ1) is 26.5. The Morgan fingerprint density at radius 1 is 1.10 bits per heavy atom. The fraction of sp³-hybridized carbons (Fsp3) is 0.519. The largest absolute Gasteiger partial charge is 0.496 e. The van der Waals surface area contributed by atoms with Gasteiger partial charge in [0.2, 0.25) is 11.8 Å². The third-order valence-electron chi connectivity index (χ3n) is 7.62. The molecule has 2 fully saturated rings. The Morgan fingerprint density at radius 2 is 1.80 bits per heavy atom. The van der Waals surface area contributed by atoms with Gasteiger partial charge in [0.05, 0.1) is 47.0 Å². The maximum Gasteiger partial charge on any atom is 0.418 e. The van der Waals surface area contributed by atoms with Crippen LogP contribution in [-0.2, 0) is 28.4 Å². The minimum Gasteiger partial charge on any atom is -0.496 e. The van der Waals surface area contributed by atoms with Crippen molar-refractivity contribution in [3.05, 3.63) is 58.4 Å². The molecule has 0 aliphatic carbocycles. The monoisotopic (exact) mass is 590 g/mol. The molecule has 2 saturated heterocycles. The van der Waals surface area contributed by atoms with E-state index in [-0.39, 0.29) is 37.1 Å². The highest BCUT2D eigenvalue weighted by molar-refractivity contribution is 5.80. The second-order valence-corrected chi connectivity index (χ2v) is 10.1. The van der Waals surface area contributed by atoms with Crippen molar-refractivity contribution in [1.82, 2.24) is 19.7 Å². The molecule has 2 aromatic rings. The number of nitrogens with zero attached hydrogens (tertiary/aromatic N) is 4. The molecule has 224 valence electrons. The minimum absolute atomic E-state index is 0.0376. The normalized spacial score (nSPS) is 22.2. The smallest absolute Gasteiger partial charge is 0.418 e. The van der Waals surface area contributed by atoms with Crippen molar-refractivity contribution in [3.8, 4) is 5.75 Å². The number of alkyl halides is 6. The molecule has 1 aromatic carbocycles. The van der Waals surface area contributed by atoms with Crippen molar-refractivity contribution in [2.45, 2.75) is 44.2 Å². The van der Waals surface area contributed by atoms with Gasteiger partial charge in [-0.25, -0.2) is 0 Å². The number of benzene rings is 1. The van der Waals surface area contributed by atoms with Crippen molar-refractivity contribution < 1.29 is 44.8 Å². The molecule has 3 heterocycles. The van der Waals surface area contributed by atoms with E-state index in [4.69, 9.17) is 14.6 Å². The summed E-state index contributed by atoms with van der Waals surface area (Å²) < 4.78 is 109. The maximum absolute atomic E-state index is 13.8. The summed E-state index contributed by atoms with van der Waals surface area (Å²) in [5.74, 6) is -1.23. The number of piperazine rings is 1. The molecule has 2 aliphatic rings. The lowest BCUT2D eigenvalue weighted by Crippen LogP contribution is -2.53. The van der Waals surface area contributed by atoms with Crippen LogP contribution in [0.5, 0.6) is 5.75 Å². The van der Waals surface area contributed by atoms with Crippen molar-refractivity contribution >= 4 is 11.8 Å². The summed E-state index contributed by atoms with van der Waals surface area (Å²) in [5.41, 5.74) is 2.16. The van der Waals surface area contributed by atoms with E-state index in [0.29, 0.717) is 43.7 Å². The number of rotatable bonds is 7. The van der Waals surface area contributed by atoms with Gasteiger partial charge in [0.15, 0.2) is 0 Å². The zero-order chi connectivity index (χ0) is 32.6. The van der Waals surface area contributed by atoms with Crippen LogP contribution in [0.2, 0.25) is 0 Å². The minimum atomic E-state index is -5.20. The lowest BCUT2D eigenvalue weighted by molar-refractivity contribution is -0.144. The van der Waals surface area contributed by atoms with Gasteiger partial charge in [0.1, 0.15) is 5.75 Å². The summed E-state index contributed by atoms with van der Waals surface area (Å²) in [5, 5.41) is 0. The average Bonchev–Trinajstić information content (AvgIpc) is 3.33. The Morgan fingerprint density at radius 3 is 2.41 bits per heavy atom. The zero-order valence-electron chi connectivity index (χ0n) is 25.1. The van der Waals surface area contributed by atoms with Crippen molar-refractivity contribution in [2.24, 2.45) is 5.73 Å². The molecule has 14 heteroatoms. The number of methoxy groups -OCH3 is 1. The number of primary amides is 1. The fourth-order valence-corrected chi connectivity index (χ4v) is 5.63. The van der Waals surface area contributed by atoms with Gasteiger partial charge < -0.3 is 15.4 Å². The maximum atomic E-state index is 13.8. The number of aromatic nitrogens is 1. The lowest BCUT2D eigenvalue weighted by Gasteiger charge is -2.41. The molecule has 1 aromatic heterocycles. The van der Waals surface area contributed by atoms with Crippen LogP contribution in [0.4, 0.5) is 26.3 Å². The molecule has 0 bridgehead atoms. The third-order valence-corrected chi connectivity index (χ3v) is 7.62. The van der Waals surface area contributed by atoms with Crippen LogP contribution in [0.1, 0.15) is 44.5 Å². The second kappa shape index (κ2) is 11.8. The van der Waals surface area contributed by atoms with Gasteiger partial charge in [0.25, 0.3) is 0 Å².